The molecule has 2 rings (SSSR count). The summed E-state index contributed by atoms with van der Waals surface area (Å²) in [6.45, 7) is 0. The Morgan fingerprint density at radius 1 is 1.05 bits per heavy atom. The second-order valence-corrected chi connectivity index (χ2v) is 6.38. The van der Waals surface area contributed by atoms with Crippen LogP contribution >= 0.6 is 31.9 Å². The van der Waals surface area contributed by atoms with Gasteiger partial charge in [0.15, 0.2) is 0 Å². The SMILES string of the molecule is COc1ccccc1NC(=O)[C@H](Br)[C@@H](Br)c1ccccc1. The second-order valence-electron chi connectivity index (χ2n) is 4.40. The summed E-state index contributed by atoms with van der Waals surface area (Å²) in [4.78, 5) is 11.8. The Bertz CT molecular complexity index is 604. The molecule has 0 bridgehead atoms. The van der Waals surface area contributed by atoms with E-state index in [1.54, 1.807) is 7.11 Å². The zero-order chi connectivity index (χ0) is 15.2. The smallest absolute Gasteiger partial charge is 0.239 e. The molecule has 110 valence electrons. The van der Waals surface area contributed by atoms with Crippen molar-refractivity contribution in [3.8, 4) is 5.75 Å². The number of carbonyl (C=O) groups excluding carboxylic acids is 1. The fourth-order valence-electron chi connectivity index (χ4n) is 1.89. The molecular formula is C16H15Br2NO2. The van der Waals surface area contributed by atoms with Gasteiger partial charge < -0.3 is 10.1 Å². The molecule has 2 atom stereocenters. The number of carbonyl (C=O) groups is 1. The molecule has 0 spiro atoms. The number of nitrogens with one attached hydrogen (secondary N) is 1. The van der Waals surface area contributed by atoms with Gasteiger partial charge in [-0.05, 0) is 17.7 Å². The first-order valence-corrected chi connectivity index (χ1v) is 8.23. The summed E-state index contributed by atoms with van der Waals surface area (Å²) in [5.74, 6) is 0.501. The van der Waals surface area contributed by atoms with E-state index in [0.717, 1.165) is 5.56 Å². The predicted octanol–water partition coefficient (Wildman–Crippen LogP) is 4.53. The van der Waals surface area contributed by atoms with E-state index >= 15 is 0 Å². The van der Waals surface area contributed by atoms with E-state index in [4.69, 9.17) is 4.74 Å². The summed E-state index contributed by atoms with van der Waals surface area (Å²) in [5.41, 5.74) is 1.69. The fraction of sp³-hybridized carbons (Fsp3) is 0.188. The first-order chi connectivity index (χ1) is 10.1. The van der Waals surface area contributed by atoms with Crippen molar-refractivity contribution in [1.82, 2.24) is 0 Å². The highest BCUT2D eigenvalue weighted by Gasteiger charge is 2.25. The maximum absolute atomic E-state index is 12.4. The number of anilines is 1. The summed E-state index contributed by atoms with van der Waals surface area (Å²) in [6, 6.07) is 17.1. The molecule has 1 N–H and O–H groups in total. The number of ether oxygens (including phenoxy) is 1. The minimum absolute atomic E-state index is 0.117. The third kappa shape index (κ3) is 4.08. The van der Waals surface area contributed by atoms with Crippen molar-refractivity contribution in [2.45, 2.75) is 9.65 Å². The number of alkyl halides is 2. The zero-order valence-electron chi connectivity index (χ0n) is 11.4. The van der Waals surface area contributed by atoms with Gasteiger partial charge in [-0.1, -0.05) is 74.3 Å². The number of hydrogen-bond acceptors (Lipinski definition) is 2. The van der Waals surface area contributed by atoms with Crippen molar-refractivity contribution in [2.24, 2.45) is 0 Å². The molecule has 0 saturated carbocycles. The normalized spacial score (nSPS) is 13.3. The molecule has 0 heterocycles. The lowest BCUT2D eigenvalue weighted by atomic mass is 10.1. The van der Waals surface area contributed by atoms with Crippen molar-refractivity contribution in [2.75, 3.05) is 12.4 Å². The molecule has 3 nitrogen and oxygen atoms in total. The zero-order valence-corrected chi connectivity index (χ0v) is 14.6. The van der Waals surface area contributed by atoms with Gasteiger partial charge >= 0.3 is 0 Å². The minimum atomic E-state index is -0.398. The molecule has 0 aliphatic rings. The topological polar surface area (TPSA) is 38.3 Å². The van der Waals surface area contributed by atoms with E-state index in [1.807, 2.05) is 54.6 Å². The molecule has 0 unspecified atom stereocenters. The maximum atomic E-state index is 12.4. The van der Waals surface area contributed by atoms with Crippen molar-refractivity contribution in [1.29, 1.82) is 0 Å². The molecule has 1 amide bonds. The van der Waals surface area contributed by atoms with Crippen molar-refractivity contribution < 1.29 is 9.53 Å². The van der Waals surface area contributed by atoms with Gasteiger partial charge in [0, 0.05) is 0 Å². The van der Waals surface area contributed by atoms with Crippen LogP contribution in [0.25, 0.3) is 0 Å². The van der Waals surface area contributed by atoms with Crippen LogP contribution in [0.2, 0.25) is 0 Å². The van der Waals surface area contributed by atoms with Gasteiger partial charge in [0.05, 0.1) is 17.6 Å². The Morgan fingerprint density at radius 2 is 1.67 bits per heavy atom. The minimum Gasteiger partial charge on any atom is -0.495 e. The number of methoxy groups -OCH3 is 1. The molecule has 21 heavy (non-hydrogen) atoms. The Hall–Kier alpha value is -1.33. The van der Waals surface area contributed by atoms with E-state index in [0.29, 0.717) is 11.4 Å². The van der Waals surface area contributed by atoms with Crippen LogP contribution in [0.4, 0.5) is 5.69 Å². The summed E-state index contributed by atoms with van der Waals surface area (Å²) in [5, 5.41) is 2.87. The lowest BCUT2D eigenvalue weighted by molar-refractivity contribution is -0.115. The van der Waals surface area contributed by atoms with Crippen LogP contribution in [0, 0.1) is 0 Å². The van der Waals surface area contributed by atoms with Crippen molar-refractivity contribution >= 4 is 43.5 Å². The Kier molecular flexibility index (Phi) is 5.82. The van der Waals surface area contributed by atoms with Crippen LogP contribution in [-0.2, 0) is 4.79 Å². The molecule has 0 aliphatic heterocycles. The third-order valence-corrected chi connectivity index (χ3v) is 5.70. The first-order valence-electron chi connectivity index (χ1n) is 6.40. The quantitative estimate of drug-likeness (QED) is 0.732. The summed E-state index contributed by atoms with van der Waals surface area (Å²) >= 11 is 7.01. The van der Waals surface area contributed by atoms with Gasteiger partial charge in [-0.25, -0.2) is 0 Å². The molecule has 0 saturated heterocycles. The summed E-state index contributed by atoms with van der Waals surface area (Å²) < 4.78 is 5.23. The highest BCUT2D eigenvalue weighted by atomic mass is 79.9. The Morgan fingerprint density at radius 3 is 2.33 bits per heavy atom. The molecule has 2 aromatic carbocycles. The second kappa shape index (κ2) is 7.61. The van der Waals surface area contributed by atoms with Crippen molar-refractivity contribution in [3.63, 3.8) is 0 Å². The van der Waals surface area contributed by atoms with Crippen LogP contribution in [0.1, 0.15) is 10.4 Å². The number of halogens is 2. The number of hydrogen-bond donors (Lipinski definition) is 1. The molecule has 0 radical (unpaired) electrons. The highest BCUT2D eigenvalue weighted by Crippen LogP contribution is 2.32. The van der Waals surface area contributed by atoms with Gasteiger partial charge in [0.25, 0.3) is 0 Å². The van der Waals surface area contributed by atoms with Crippen LogP contribution < -0.4 is 10.1 Å². The number of para-hydroxylation sites is 2. The van der Waals surface area contributed by atoms with E-state index in [9.17, 15) is 4.79 Å². The Balaban J connectivity index is 2.09. The molecule has 0 fully saturated rings. The van der Waals surface area contributed by atoms with Crippen molar-refractivity contribution in [3.05, 3.63) is 60.2 Å². The number of rotatable bonds is 5. The lowest BCUT2D eigenvalue weighted by Crippen LogP contribution is -2.26. The van der Waals surface area contributed by atoms with Crippen LogP contribution in [0.15, 0.2) is 54.6 Å². The van der Waals surface area contributed by atoms with Gasteiger partial charge in [0.1, 0.15) is 10.6 Å². The maximum Gasteiger partial charge on any atom is 0.239 e. The molecule has 0 aliphatic carbocycles. The van der Waals surface area contributed by atoms with E-state index in [1.165, 1.54) is 0 Å². The fourth-order valence-corrected chi connectivity index (χ4v) is 2.85. The third-order valence-electron chi connectivity index (χ3n) is 2.99. The average Bonchev–Trinajstić information content (AvgIpc) is 2.54. The van der Waals surface area contributed by atoms with Gasteiger partial charge in [-0.2, -0.15) is 0 Å². The first kappa shape index (κ1) is 16.0. The standard InChI is InChI=1S/C16H15Br2NO2/c1-21-13-10-6-5-9-12(13)19-16(20)15(18)14(17)11-7-3-2-4-8-11/h2-10,14-15H,1H3,(H,19,20)/t14-,15+/m0/s1. The van der Waals surface area contributed by atoms with E-state index in [-0.39, 0.29) is 10.7 Å². The predicted molar refractivity (Wildman–Crippen MR) is 92.4 cm³/mol. The van der Waals surface area contributed by atoms with Gasteiger partial charge in [-0.15, -0.1) is 0 Å². The molecule has 0 aromatic heterocycles. The number of benzene rings is 2. The monoisotopic (exact) mass is 411 g/mol. The molecule has 2 aromatic rings. The van der Waals surface area contributed by atoms with Crippen LogP contribution in [0.5, 0.6) is 5.75 Å². The molecular weight excluding hydrogens is 398 g/mol. The summed E-state index contributed by atoms with van der Waals surface area (Å²) in [6.07, 6.45) is 0. The van der Waals surface area contributed by atoms with Gasteiger partial charge in [-0.3, -0.25) is 4.79 Å². The van der Waals surface area contributed by atoms with Crippen LogP contribution in [-0.4, -0.2) is 17.8 Å². The lowest BCUT2D eigenvalue weighted by Gasteiger charge is -2.18. The highest BCUT2D eigenvalue weighted by molar-refractivity contribution is 9.12. The van der Waals surface area contributed by atoms with Gasteiger partial charge in [0.2, 0.25) is 5.91 Å². The average molecular weight is 413 g/mol. The van der Waals surface area contributed by atoms with E-state index < -0.39 is 4.83 Å². The molecule has 5 heteroatoms. The van der Waals surface area contributed by atoms with E-state index in [2.05, 4.69) is 37.2 Å². The largest absolute Gasteiger partial charge is 0.495 e. The summed E-state index contributed by atoms with van der Waals surface area (Å²) in [7, 11) is 1.58. The Labute approximate surface area is 141 Å². The van der Waals surface area contributed by atoms with Crippen LogP contribution in [0.3, 0.4) is 0 Å². The number of amides is 1.